The zero-order valence-electron chi connectivity index (χ0n) is 25.2. The van der Waals surface area contributed by atoms with Crippen LogP contribution >= 0.6 is 39.1 Å². The molecule has 1 aliphatic rings. The van der Waals surface area contributed by atoms with Gasteiger partial charge in [0, 0.05) is 51.6 Å². The van der Waals surface area contributed by atoms with Crippen LogP contribution in [0.15, 0.2) is 107 Å². The number of aliphatic imine (C=N–C) groups is 1. The fourth-order valence-electron chi connectivity index (χ4n) is 5.33. The molecule has 240 valence electrons. The summed E-state index contributed by atoms with van der Waals surface area (Å²) in [5.41, 5.74) is 8.14. The first-order valence-corrected chi connectivity index (χ1v) is 16.8. The highest BCUT2D eigenvalue weighted by Crippen LogP contribution is 2.45. The van der Waals surface area contributed by atoms with E-state index in [1.165, 1.54) is 5.56 Å². The van der Waals surface area contributed by atoms with E-state index in [1.807, 2.05) is 66.7 Å². The second kappa shape index (κ2) is 16.4. The average Bonchev–Trinajstić information content (AvgIpc) is 3.44. The number of rotatable bonds is 15. The molecule has 0 unspecified atom stereocenters. The highest BCUT2D eigenvalue weighted by atomic mass is 79.9. The Kier molecular flexibility index (Phi) is 12.1. The standard InChI is InChI=1S/C36H36BrCl2N3O4/c37-28-14-10-26(11-15-28)24-36(35(44)42-40-20-5-4-9-25-7-2-1-3-8-25)33(31-19-16-29(38)23-32(31)39)46-34(41-36)27-12-17-30(18-13-27)45-22-6-21-43/h1-3,7-8,10-19,23,33,40,43H,4-6,9,20-22,24H2,(H,42,44)/t33-,36-/m0/s1. The van der Waals surface area contributed by atoms with Gasteiger partial charge in [0.2, 0.25) is 5.90 Å². The number of carbonyl (C=O) groups excluding carboxylic acids is 1. The van der Waals surface area contributed by atoms with Gasteiger partial charge < -0.3 is 14.6 Å². The summed E-state index contributed by atoms with van der Waals surface area (Å²) in [6.07, 6.45) is 2.75. The minimum absolute atomic E-state index is 0.0580. The third-order valence-corrected chi connectivity index (χ3v) is 8.81. The lowest BCUT2D eigenvalue weighted by Gasteiger charge is -2.31. The first-order chi connectivity index (χ1) is 22.4. The SMILES string of the molecule is O=C(NNCCCCc1ccccc1)[C@@]1(Cc2ccc(Br)cc2)N=C(c2ccc(OCCCO)cc2)O[C@H]1c1ccc(Cl)cc1Cl. The molecule has 1 heterocycles. The fraction of sp³-hybridized carbons (Fsp3) is 0.278. The van der Waals surface area contributed by atoms with Crippen LogP contribution in [0.5, 0.6) is 5.75 Å². The Labute approximate surface area is 288 Å². The van der Waals surface area contributed by atoms with Gasteiger partial charge in [-0.05, 0) is 78.9 Å². The van der Waals surface area contributed by atoms with Crippen molar-refractivity contribution in [1.82, 2.24) is 10.9 Å². The molecule has 0 aromatic heterocycles. The van der Waals surface area contributed by atoms with Gasteiger partial charge in [-0.2, -0.15) is 0 Å². The molecule has 0 fully saturated rings. The Morgan fingerprint density at radius 1 is 0.935 bits per heavy atom. The summed E-state index contributed by atoms with van der Waals surface area (Å²) in [6, 6.07) is 30.6. The molecule has 0 spiro atoms. The van der Waals surface area contributed by atoms with Crippen molar-refractivity contribution in [3.05, 3.63) is 134 Å². The van der Waals surface area contributed by atoms with E-state index in [4.69, 9.17) is 42.8 Å². The van der Waals surface area contributed by atoms with E-state index in [0.717, 1.165) is 29.3 Å². The van der Waals surface area contributed by atoms with Gasteiger partial charge in [-0.15, -0.1) is 0 Å². The number of hydrazine groups is 1. The highest BCUT2D eigenvalue weighted by Gasteiger charge is 2.54. The number of aliphatic hydroxyl groups is 1. The van der Waals surface area contributed by atoms with Crippen molar-refractivity contribution in [2.75, 3.05) is 19.8 Å². The van der Waals surface area contributed by atoms with Gasteiger partial charge in [0.25, 0.3) is 5.91 Å². The van der Waals surface area contributed by atoms with Crippen LogP contribution in [0.2, 0.25) is 10.0 Å². The van der Waals surface area contributed by atoms with Crippen LogP contribution in [0.25, 0.3) is 0 Å². The molecular weight excluding hydrogens is 689 g/mol. The van der Waals surface area contributed by atoms with Crippen molar-refractivity contribution in [2.24, 2.45) is 4.99 Å². The number of benzene rings is 4. The van der Waals surface area contributed by atoms with Crippen molar-refractivity contribution in [3.63, 3.8) is 0 Å². The number of ether oxygens (including phenoxy) is 2. The maximum atomic E-state index is 14.4. The molecule has 10 heteroatoms. The van der Waals surface area contributed by atoms with Crippen LogP contribution < -0.4 is 15.6 Å². The summed E-state index contributed by atoms with van der Waals surface area (Å²) in [5.74, 6) is 0.630. The van der Waals surface area contributed by atoms with Gasteiger partial charge in [-0.3, -0.25) is 10.2 Å². The van der Waals surface area contributed by atoms with Gasteiger partial charge >= 0.3 is 0 Å². The van der Waals surface area contributed by atoms with E-state index in [2.05, 4.69) is 38.9 Å². The van der Waals surface area contributed by atoms with E-state index in [0.29, 0.717) is 52.4 Å². The first kappa shape index (κ1) is 33.9. The second-order valence-corrected chi connectivity index (χ2v) is 12.8. The van der Waals surface area contributed by atoms with Crippen LogP contribution in [0.3, 0.4) is 0 Å². The number of aliphatic hydroxyl groups excluding tert-OH is 1. The summed E-state index contributed by atoms with van der Waals surface area (Å²) >= 11 is 16.5. The molecule has 7 nitrogen and oxygen atoms in total. The smallest absolute Gasteiger partial charge is 0.266 e. The van der Waals surface area contributed by atoms with E-state index < -0.39 is 11.6 Å². The number of aryl methyl sites for hydroxylation is 1. The molecule has 0 saturated carbocycles. The minimum atomic E-state index is -1.41. The molecule has 0 saturated heterocycles. The van der Waals surface area contributed by atoms with Crippen molar-refractivity contribution in [2.45, 2.75) is 43.7 Å². The molecule has 0 radical (unpaired) electrons. The molecule has 2 atom stereocenters. The topological polar surface area (TPSA) is 92.2 Å². The summed E-state index contributed by atoms with van der Waals surface area (Å²) in [4.78, 5) is 19.4. The Hall–Kier alpha value is -3.40. The van der Waals surface area contributed by atoms with E-state index in [-0.39, 0.29) is 18.9 Å². The number of hydrogen-bond acceptors (Lipinski definition) is 6. The van der Waals surface area contributed by atoms with Crippen molar-refractivity contribution >= 4 is 50.9 Å². The Balaban J connectivity index is 1.43. The maximum Gasteiger partial charge on any atom is 0.266 e. The molecule has 4 aromatic rings. The number of carbonyl (C=O) groups is 1. The average molecular weight is 726 g/mol. The summed E-state index contributed by atoms with van der Waals surface area (Å²) in [7, 11) is 0. The molecule has 1 amide bonds. The van der Waals surface area contributed by atoms with Crippen molar-refractivity contribution in [3.8, 4) is 5.75 Å². The lowest BCUT2D eigenvalue weighted by molar-refractivity contribution is -0.130. The second-order valence-electron chi connectivity index (χ2n) is 11.1. The highest BCUT2D eigenvalue weighted by molar-refractivity contribution is 9.10. The summed E-state index contributed by atoms with van der Waals surface area (Å²) in [6.45, 7) is 1.05. The normalized spacial score (nSPS) is 17.3. The molecule has 0 aliphatic carbocycles. The maximum absolute atomic E-state index is 14.4. The third kappa shape index (κ3) is 8.69. The molecule has 1 aliphatic heterocycles. The number of halogens is 3. The number of unbranched alkanes of at least 4 members (excludes halogenated alkanes) is 1. The largest absolute Gasteiger partial charge is 0.494 e. The van der Waals surface area contributed by atoms with Gasteiger partial charge in [-0.1, -0.05) is 87.7 Å². The van der Waals surface area contributed by atoms with E-state index in [9.17, 15) is 4.79 Å². The van der Waals surface area contributed by atoms with Crippen molar-refractivity contribution < 1.29 is 19.4 Å². The molecule has 46 heavy (non-hydrogen) atoms. The zero-order valence-corrected chi connectivity index (χ0v) is 28.3. The van der Waals surface area contributed by atoms with Gasteiger partial charge in [-0.25, -0.2) is 10.4 Å². The van der Waals surface area contributed by atoms with Crippen molar-refractivity contribution in [1.29, 1.82) is 0 Å². The number of amides is 1. The fourth-order valence-corrected chi connectivity index (χ4v) is 6.10. The van der Waals surface area contributed by atoms with Gasteiger partial charge in [0.1, 0.15) is 5.75 Å². The van der Waals surface area contributed by atoms with Crippen LogP contribution in [0, 0.1) is 0 Å². The van der Waals surface area contributed by atoms with E-state index >= 15 is 0 Å². The lowest BCUT2D eigenvalue weighted by Crippen LogP contribution is -2.54. The predicted octanol–water partition coefficient (Wildman–Crippen LogP) is 7.66. The summed E-state index contributed by atoms with van der Waals surface area (Å²) in [5, 5.41) is 9.92. The molecule has 0 bridgehead atoms. The van der Waals surface area contributed by atoms with Crippen LogP contribution in [-0.2, 0) is 22.4 Å². The first-order valence-electron chi connectivity index (χ1n) is 15.3. The third-order valence-electron chi connectivity index (χ3n) is 7.72. The Bertz CT molecular complexity index is 1620. The molecule has 5 rings (SSSR count). The monoisotopic (exact) mass is 723 g/mol. The van der Waals surface area contributed by atoms with Crippen LogP contribution in [-0.4, -0.2) is 42.2 Å². The van der Waals surface area contributed by atoms with E-state index in [1.54, 1.807) is 18.2 Å². The van der Waals surface area contributed by atoms with Crippen LogP contribution in [0.1, 0.15) is 47.6 Å². The lowest BCUT2D eigenvalue weighted by atomic mass is 9.82. The Morgan fingerprint density at radius 3 is 2.41 bits per heavy atom. The molecule has 4 aromatic carbocycles. The van der Waals surface area contributed by atoms with Gasteiger partial charge in [0.15, 0.2) is 11.6 Å². The Morgan fingerprint density at radius 2 is 1.70 bits per heavy atom. The number of nitrogens with zero attached hydrogens (tertiary/aromatic N) is 1. The van der Waals surface area contributed by atoms with Gasteiger partial charge in [0.05, 0.1) is 6.61 Å². The minimum Gasteiger partial charge on any atom is -0.494 e. The summed E-state index contributed by atoms with van der Waals surface area (Å²) < 4.78 is 13.2. The molecule has 3 N–H and O–H groups in total. The predicted molar refractivity (Wildman–Crippen MR) is 187 cm³/mol. The zero-order chi connectivity index (χ0) is 32.4. The number of nitrogens with one attached hydrogen (secondary N) is 2. The number of hydrogen-bond donors (Lipinski definition) is 3. The quantitative estimate of drug-likeness (QED) is 0.0866. The van der Waals surface area contributed by atoms with Crippen LogP contribution in [0.4, 0.5) is 0 Å². The molecular formula is C36H36BrCl2N3O4.